The van der Waals surface area contributed by atoms with Crippen molar-refractivity contribution in [2.45, 2.75) is 32.3 Å². The monoisotopic (exact) mass is 257 g/mol. The highest BCUT2D eigenvalue weighted by Crippen LogP contribution is 2.29. The Bertz CT molecular complexity index is 284. The van der Waals surface area contributed by atoms with E-state index in [1.165, 1.54) is 0 Å². The molecular weight excluding hydrogens is 230 g/mol. The van der Waals surface area contributed by atoms with Gasteiger partial charge in [0.15, 0.2) is 0 Å². The Morgan fingerprint density at radius 3 is 2.67 bits per heavy atom. The summed E-state index contributed by atoms with van der Waals surface area (Å²) in [7, 11) is 3.81. The molecule has 3 N–H and O–H groups in total. The van der Waals surface area contributed by atoms with Crippen molar-refractivity contribution in [3.05, 3.63) is 0 Å². The summed E-state index contributed by atoms with van der Waals surface area (Å²) in [4.78, 5) is 14.2. The SMILES string of the molecule is CCC1(C(=O)NCC(C)(O)CN(C)C)CCNC1. The van der Waals surface area contributed by atoms with Gasteiger partial charge in [0.25, 0.3) is 0 Å². The number of hydrogen-bond acceptors (Lipinski definition) is 4. The van der Waals surface area contributed by atoms with Gasteiger partial charge in [-0.25, -0.2) is 0 Å². The van der Waals surface area contributed by atoms with Crippen LogP contribution in [0.25, 0.3) is 0 Å². The third kappa shape index (κ3) is 3.93. The minimum atomic E-state index is -0.889. The number of nitrogens with one attached hydrogen (secondary N) is 2. The summed E-state index contributed by atoms with van der Waals surface area (Å²) in [6.45, 7) is 6.26. The normalized spacial score (nSPS) is 27.2. The molecule has 2 atom stereocenters. The van der Waals surface area contributed by atoms with Crippen LogP contribution < -0.4 is 10.6 Å². The Labute approximate surface area is 110 Å². The van der Waals surface area contributed by atoms with Gasteiger partial charge in [-0.05, 0) is 40.4 Å². The minimum absolute atomic E-state index is 0.0639. The van der Waals surface area contributed by atoms with Crippen LogP contribution >= 0.6 is 0 Å². The number of likely N-dealkylation sites (N-methyl/N-ethyl adjacent to an activating group) is 1. The van der Waals surface area contributed by atoms with E-state index in [4.69, 9.17) is 0 Å². The van der Waals surface area contributed by atoms with Gasteiger partial charge in [-0.1, -0.05) is 6.92 Å². The second-order valence-corrected chi connectivity index (χ2v) is 5.98. The maximum atomic E-state index is 12.3. The zero-order chi connectivity index (χ0) is 13.8. The average Bonchev–Trinajstić information content (AvgIpc) is 2.74. The second kappa shape index (κ2) is 5.99. The first-order valence-electron chi connectivity index (χ1n) is 6.67. The van der Waals surface area contributed by atoms with E-state index in [0.29, 0.717) is 13.1 Å². The summed E-state index contributed by atoms with van der Waals surface area (Å²) in [5.74, 6) is 0.0639. The fourth-order valence-electron chi connectivity index (χ4n) is 2.60. The van der Waals surface area contributed by atoms with Crippen molar-refractivity contribution in [2.24, 2.45) is 5.41 Å². The summed E-state index contributed by atoms with van der Waals surface area (Å²) >= 11 is 0. The summed E-state index contributed by atoms with van der Waals surface area (Å²) in [5.41, 5.74) is -1.17. The van der Waals surface area contributed by atoms with E-state index in [9.17, 15) is 9.90 Å². The first-order chi connectivity index (χ1) is 8.31. The maximum absolute atomic E-state index is 12.3. The summed E-state index contributed by atoms with van der Waals surface area (Å²) in [6, 6.07) is 0. The summed E-state index contributed by atoms with van der Waals surface area (Å²) < 4.78 is 0. The first kappa shape index (κ1) is 15.4. The molecule has 5 heteroatoms. The van der Waals surface area contributed by atoms with Crippen molar-refractivity contribution in [1.29, 1.82) is 0 Å². The van der Waals surface area contributed by atoms with Crippen LogP contribution in [0.1, 0.15) is 26.7 Å². The van der Waals surface area contributed by atoms with Gasteiger partial charge in [-0.3, -0.25) is 4.79 Å². The van der Waals surface area contributed by atoms with Gasteiger partial charge in [0.1, 0.15) is 0 Å². The molecule has 0 aromatic heterocycles. The highest BCUT2D eigenvalue weighted by atomic mass is 16.3. The number of rotatable bonds is 6. The zero-order valence-corrected chi connectivity index (χ0v) is 12.0. The molecule has 0 aromatic rings. The molecule has 1 aliphatic heterocycles. The molecular formula is C13H27N3O2. The molecule has 5 nitrogen and oxygen atoms in total. The molecule has 1 aliphatic rings. The number of aliphatic hydroxyl groups is 1. The van der Waals surface area contributed by atoms with Crippen LogP contribution in [0.15, 0.2) is 0 Å². The molecule has 1 amide bonds. The predicted octanol–water partition coefficient (Wildman–Crippen LogP) is -0.195. The Kier molecular flexibility index (Phi) is 5.13. The largest absolute Gasteiger partial charge is 0.387 e. The highest BCUT2D eigenvalue weighted by Gasteiger charge is 2.39. The molecule has 0 spiro atoms. The highest BCUT2D eigenvalue weighted by molar-refractivity contribution is 5.83. The van der Waals surface area contributed by atoms with E-state index in [1.807, 2.05) is 25.9 Å². The molecule has 0 aliphatic carbocycles. The number of carbonyl (C=O) groups excluding carboxylic acids is 1. The molecule has 0 aromatic carbocycles. The van der Waals surface area contributed by atoms with E-state index in [-0.39, 0.29) is 11.3 Å². The van der Waals surface area contributed by atoms with Crippen molar-refractivity contribution in [1.82, 2.24) is 15.5 Å². The zero-order valence-electron chi connectivity index (χ0n) is 12.0. The lowest BCUT2D eigenvalue weighted by molar-refractivity contribution is -0.131. The van der Waals surface area contributed by atoms with Crippen molar-refractivity contribution < 1.29 is 9.90 Å². The predicted molar refractivity (Wildman–Crippen MR) is 72.4 cm³/mol. The molecule has 2 unspecified atom stereocenters. The molecule has 0 saturated carbocycles. The van der Waals surface area contributed by atoms with Gasteiger partial charge in [-0.15, -0.1) is 0 Å². The first-order valence-corrected chi connectivity index (χ1v) is 6.67. The van der Waals surface area contributed by atoms with Crippen molar-refractivity contribution in [3.63, 3.8) is 0 Å². The Morgan fingerprint density at radius 1 is 1.56 bits per heavy atom. The molecule has 1 rings (SSSR count). The van der Waals surface area contributed by atoms with Gasteiger partial charge < -0.3 is 20.6 Å². The standard InChI is InChI=1S/C13H27N3O2/c1-5-13(6-7-14-9-13)11(17)15-8-12(2,18)10-16(3)4/h14,18H,5-10H2,1-4H3,(H,15,17). The molecule has 18 heavy (non-hydrogen) atoms. The van der Waals surface area contributed by atoms with Gasteiger partial charge in [0, 0.05) is 19.6 Å². The molecule has 0 bridgehead atoms. The Balaban J connectivity index is 2.50. The van der Waals surface area contributed by atoms with Crippen LogP contribution in [0.2, 0.25) is 0 Å². The van der Waals surface area contributed by atoms with Crippen LogP contribution in [0.3, 0.4) is 0 Å². The Hall–Kier alpha value is -0.650. The van der Waals surface area contributed by atoms with E-state index in [2.05, 4.69) is 10.6 Å². The minimum Gasteiger partial charge on any atom is -0.387 e. The van der Waals surface area contributed by atoms with Gasteiger partial charge >= 0.3 is 0 Å². The quantitative estimate of drug-likeness (QED) is 0.617. The van der Waals surface area contributed by atoms with E-state index >= 15 is 0 Å². The van der Waals surface area contributed by atoms with Gasteiger partial charge in [0.2, 0.25) is 5.91 Å². The number of nitrogens with zero attached hydrogens (tertiary/aromatic N) is 1. The number of carbonyl (C=O) groups is 1. The number of amides is 1. The lowest BCUT2D eigenvalue weighted by Gasteiger charge is -2.30. The van der Waals surface area contributed by atoms with Gasteiger partial charge in [-0.2, -0.15) is 0 Å². The molecule has 0 radical (unpaired) electrons. The fraction of sp³-hybridized carbons (Fsp3) is 0.923. The van der Waals surface area contributed by atoms with Crippen LogP contribution in [0.5, 0.6) is 0 Å². The third-order valence-corrected chi connectivity index (χ3v) is 3.69. The van der Waals surface area contributed by atoms with Crippen LogP contribution in [-0.2, 0) is 4.79 Å². The smallest absolute Gasteiger partial charge is 0.227 e. The number of hydrogen-bond donors (Lipinski definition) is 3. The Morgan fingerprint density at radius 2 is 2.22 bits per heavy atom. The molecule has 1 fully saturated rings. The van der Waals surface area contributed by atoms with E-state index in [0.717, 1.165) is 25.9 Å². The molecule has 1 heterocycles. The van der Waals surface area contributed by atoms with E-state index in [1.54, 1.807) is 6.92 Å². The molecule has 1 saturated heterocycles. The average molecular weight is 257 g/mol. The van der Waals surface area contributed by atoms with Gasteiger partial charge in [0.05, 0.1) is 11.0 Å². The lowest BCUT2D eigenvalue weighted by atomic mass is 9.83. The topological polar surface area (TPSA) is 64.6 Å². The van der Waals surface area contributed by atoms with Crippen LogP contribution in [-0.4, -0.2) is 61.8 Å². The van der Waals surface area contributed by atoms with E-state index < -0.39 is 5.60 Å². The maximum Gasteiger partial charge on any atom is 0.227 e. The third-order valence-electron chi connectivity index (χ3n) is 3.69. The lowest BCUT2D eigenvalue weighted by Crippen LogP contribution is -2.51. The fourth-order valence-corrected chi connectivity index (χ4v) is 2.60. The van der Waals surface area contributed by atoms with Crippen LogP contribution in [0, 0.1) is 5.41 Å². The second-order valence-electron chi connectivity index (χ2n) is 5.98. The van der Waals surface area contributed by atoms with Crippen molar-refractivity contribution >= 4 is 5.91 Å². The summed E-state index contributed by atoms with van der Waals surface area (Å²) in [5, 5.41) is 16.3. The van der Waals surface area contributed by atoms with Crippen molar-refractivity contribution in [2.75, 3.05) is 40.3 Å². The van der Waals surface area contributed by atoms with Crippen molar-refractivity contribution in [3.8, 4) is 0 Å². The summed E-state index contributed by atoms with van der Waals surface area (Å²) in [6.07, 6.45) is 1.72. The molecule has 106 valence electrons. The van der Waals surface area contributed by atoms with Crippen LogP contribution in [0.4, 0.5) is 0 Å².